The topological polar surface area (TPSA) is 81.0 Å². The summed E-state index contributed by atoms with van der Waals surface area (Å²) in [6.45, 7) is 3.75. The largest absolute Gasteiger partial charge is 0.348 e. The molecule has 2 saturated heterocycles. The summed E-state index contributed by atoms with van der Waals surface area (Å²) in [6.07, 6.45) is 10.5. The summed E-state index contributed by atoms with van der Waals surface area (Å²) in [5.41, 5.74) is 8.54. The summed E-state index contributed by atoms with van der Waals surface area (Å²) in [6, 6.07) is 11.4. The average molecular weight is 495 g/mol. The summed E-state index contributed by atoms with van der Waals surface area (Å²) >= 11 is 11.3. The molecule has 0 aliphatic carbocycles. The van der Waals surface area contributed by atoms with Crippen molar-refractivity contribution in [2.24, 2.45) is 10.2 Å². The third kappa shape index (κ3) is 6.54. The molecule has 0 atom stereocenters. The fraction of sp³-hybridized carbons (Fsp3) is 0.417. The molecule has 2 aliphatic rings. The van der Waals surface area contributed by atoms with Gasteiger partial charge in [0.15, 0.2) is 10.2 Å². The van der Waals surface area contributed by atoms with Crippen molar-refractivity contribution in [2.75, 3.05) is 26.2 Å². The summed E-state index contributed by atoms with van der Waals surface area (Å²) in [5.74, 6) is 0. The third-order valence-electron chi connectivity index (χ3n) is 5.85. The van der Waals surface area contributed by atoms with Gasteiger partial charge in [-0.15, -0.1) is 0 Å². The second-order valence-electron chi connectivity index (χ2n) is 8.28. The van der Waals surface area contributed by atoms with E-state index in [0.29, 0.717) is 33.0 Å². The Labute approximate surface area is 211 Å². The van der Waals surface area contributed by atoms with Crippen LogP contribution >= 0.6 is 24.4 Å². The molecular formula is C24H30N8S2. The zero-order valence-electron chi connectivity index (χ0n) is 19.2. The summed E-state index contributed by atoms with van der Waals surface area (Å²) < 4.78 is 0. The van der Waals surface area contributed by atoms with Crippen LogP contribution in [0.3, 0.4) is 0 Å². The molecule has 2 aromatic rings. The second kappa shape index (κ2) is 12.5. The molecule has 0 amide bonds. The lowest BCUT2D eigenvalue weighted by atomic mass is 10.1. The van der Waals surface area contributed by atoms with Crippen LogP contribution in [0.5, 0.6) is 0 Å². The lowest BCUT2D eigenvalue weighted by Gasteiger charge is -2.28. The number of hydrazone groups is 2. The number of rotatable bonds is 5. The zero-order valence-corrected chi connectivity index (χ0v) is 20.8. The summed E-state index contributed by atoms with van der Waals surface area (Å²) in [7, 11) is 0. The molecule has 2 N–H and O–H groups in total. The highest BCUT2D eigenvalue weighted by Crippen LogP contribution is 2.11. The van der Waals surface area contributed by atoms with Crippen LogP contribution in [0.2, 0.25) is 0 Å². The molecule has 0 radical (unpaired) electrons. The Morgan fingerprint density at radius 2 is 1.06 bits per heavy atom. The first-order valence-electron chi connectivity index (χ1n) is 11.8. The van der Waals surface area contributed by atoms with Crippen molar-refractivity contribution in [3.8, 4) is 0 Å². The number of nitrogens with one attached hydrogen (secondary N) is 2. The van der Waals surface area contributed by atoms with Gasteiger partial charge in [0.1, 0.15) is 11.4 Å². The Morgan fingerprint density at radius 1 is 0.647 bits per heavy atom. The molecule has 0 aromatic carbocycles. The van der Waals surface area contributed by atoms with Crippen molar-refractivity contribution in [2.45, 2.75) is 38.5 Å². The summed E-state index contributed by atoms with van der Waals surface area (Å²) in [5, 5.41) is 10.6. The first-order valence-corrected chi connectivity index (χ1v) is 12.6. The van der Waals surface area contributed by atoms with Gasteiger partial charge in [0.25, 0.3) is 0 Å². The molecule has 0 bridgehead atoms. The van der Waals surface area contributed by atoms with Crippen LogP contribution in [0.4, 0.5) is 0 Å². The predicted octanol–water partition coefficient (Wildman–Crippen LogP) is 3.31. The molecule has 0 saturated carbocycles. The molecule has 2 aromatic heterocycles. The van der Waals surface area contributed by atoms with Gasteiger partial charge in [0.2, 0.25) is 0 Å². The van der Waals surface area contributed by atoms with E-state index < -0.39 is 0 Å². The van der Waals surface area contributed by atoms with E-state index in [1.165, 1.54) is 12.8 Å². The Morgan fingerprint density at radius 3 is 1.41 bits per heavy atom. The molecule has 0 spiro atoms. The van der Waals surface area contributed by atoms with Crippen LogP contribution in [-0.2, 0) is 0 Å². The Kier molecular flexibility index (Phi) is 8.86. The molecule has 0 unspecified atom stereocenters. The Bertz CT molecular complexity index is 930. The highest BCUT2D eigenvalue weighted by atomic mass is 32.1. The maximum Gasteiger partial charge on any atom is 0.189 e. The monoisotopic (exact) mass is 494 g/mol. The predicted molar refractivity (Wildman–Crippen MR) is 144 cm³/mol. The number of pyridine rings is 2. The van der Waals surface area contributed by atoms with E-state index in [2.05, 4.69) is 40.8 Å². The van der Waals surface area contributed by atoms with Gasteiger partial charge in [-0.1, -0.05) is 12.1 Å². The van der Waals surface area contributed by atoms with Gasteiger partial charge in [-0.25, -0.2) is 0 Å². The van der Waals surface area contributed by atoms with E-state index in [1.54, 1.807) is 12.4 Å². The average Bonchev–Trinajstić information content (AvgIpc) is 2.92. The maximum atomic E-state index is 5.63. The number of likely N-dealkylation sites (tertiary alicyclic amines) is 2. The van der Waals surface area contributed by atoms with Gasteiger partial charge in [-0.05, 0) is 87.2 Å². The van der Waals surface area contributed by atoms with Gasteiger partial charge in [0, 0.05) is 38.6 Å². The van der Waals surface area contributed by atoms with E-state index in [9.17, 15) is 0 Å². The molecule has 2 fully saturated rings. The number of hydrogen-bond donors (Lipinski definition) is 2. The first kappa shape index (κ1) is 24.2. The minimum Gasteiger partial charge on any atom is -0.348 e. The molecule has 2 aliphatic heterocycles. The fourth-order valence-electron chi connectivity index (χ4n) is 4.01. The number of hydrogen-bond acceptors (Lipinski definition) is 6. The first-order chi connectivity index (χ1) is 16.7. The molecule has 178 valence electrons. The highest BCUT2D eigenvalue weighted by molar-refractivity contribution is 7.80. The van der Waals surface area contributed by atoms with Crippen molar-refractivity contribution in [3.05, 3.63) is 60.2 Å². The number of nitrogens with zero attached hydrogens (tertiary/aromatic N) is 6. The van der Waals surface area contributed by atoms with Crippen LogP contribution in [0.1, 0.15) is 49.9 Å². The van der Waals surface area contributed by atoms with Crippen LogP contribution < -0.4 is 10.9 Å². The normalized spacial score (nSPS) is 17.3. The minimum absolute atomic E-state index is 0.535. The molecule has 4 heterocycles. The van der Waals surface area contributed by atoms with Crippen molar-refractivity contribution in [1.29, 1.82) is 0 Å². The summed E-state index contributed by atoms with van der Waals surface area (Å²) in [4.78, 5) is 13.4. The number of piperidine rings is 2. The minimum atomic E-state index is 0.535. The van der Waals surface area contributed by atoms with Crippen molar-refractivity contribution >= 4 is 46.1 Å². The lowest BCUT2D eigenvalue weighted by molar-refractivity contribution is 0.338. The zero-order chi connectivity index (χ0) is 23.6. The third-order valence-corrected chi connectivity index (χ3v) is 6.55. The van der Waals surface area contributed by atoms with Gasteiger partial charge in [-0.2, -0.15) is 10.2 Å². The van der Waals surface area contributed by atoms with E-state index in [4.69, 9.17) is 24.4 Å². The van der Waals surface area contributed by atoms with E-state index in [0.717, 1.165) is 51.9 Å². The van der Waals surface area contributed by atoms with E-state index >= 15 is 0 Å². The van der Waals surface area contributed by atoms with Crippen molar-refractivity contribution in [3.63, 3.8) is 0 Å². The standard InChI is InChI=1S/C24H30N8S2/c33-23(31-15-7-1-8-16-31)29-27-21(19-11-3-5-13-25-19)22(20-12-4-6-14-26-20)28-30-24(34)32-17-9-2-10-18-32/h3-6,11-14H,1-2,7-10,15-18H2,(H,29,33)(H,30,34)/b27-21-,28-22+. The van der Waals surface area contributed by atoms with Crippen LogP contribution in [0, 0.1) is 0 Å². The Balaban J connectivity index is 1.64. The fourth-order valence-corrected chi connectivity index (χ4v) is 4.47. The number of thiocarbonyl (C=S) groups is 2. The molecular weight excluding hydrogens is 464 g/mol. The van der Waals surface area contributed by atoms with Crippen LogP contribution in [0.25, 0.3) is 0 Å². The smallest absolute Gasteiger partial charge is 0.189 e. The molecule has 4 rings (SSSR count). The lowest BCUT2D eigenvalue weighted by Crippen LogP contribution is -2.42. The Hall–Kier alpha value is -2.98. The quantitative estimate of drug-likeness (QED) is 0.372. The van der Waals surface area contributed by atoms with Gasteiger partial charge in [0.05, 0.1) is 11.4 Å². The van der Waals surface area contributed by atoms with Crippen LogP contribution in [-0.4, -0.2) is 67.6 Å². The molecule has 10 heteroatoms. The SMILES string of the molecule is S=C(N/N=C(\C(=N\NC(=S)N1CCCCC1)c1ccccn1)c1ccccn1)N1CCCCC1. The highest BCUT2D eigenvalue weighted by Gasteiger charge is 2.20. The maximum absolute atomic E-state index is 5.63. The number of aromatic nitrogens is 2. The second-order valence-corrected chi connectivity index (χ2v) is 9.05. The van der Waals surface area contributed by atoms with Crippen molar-refractivity contribution < 1.29 is 0 Å². The van der Waals surface area contributed by atoms with Gasteiger partial charge in [-0.3, -0.25) is 20.8 Å². The van der Waals surface area contributed by atoms with Gasteiger partial charge >= 0.3 is 0 Å². The van der Waals surface area contributed by atoms with E-state index in [1.807, 2.05) is 36.4 Å². The molecule has 34 heavy (non-hydrogen) atoms. The molecule has 8 nitrogen and oxygen atoms in total. The van der Waals surface area contributed by atoms with Gasteiger partial charge < -0.3 is 9.80 Å². The van der Waals surface area contributed by atoms with E-state index in [-0.39, 0.29) is 0 Å². The van der Waals surface area contributed by atoms with Crippen molar-refractivity contribution in [1.82, 2.24) is 30.6 Å². The van der Waals surface area contributed by atoms with Crippen LogP contribution in [0.15, 0.2) is 59.0 Å².